The lowest BCUT2D eigenvalue weighted by Crippen LogP contribution is -2.49. The van der Waals surface area contributed by atoms with Crippen molar-refractivity contribution in [3.8, 4) is 0 Å². The molecule has 0 amide bonds. The van der Waals surface area contributed by atoms with E-state index in [2.05, 4.69) is 0 Å². The Morgan fingerprint density at radius 2 is 1.95 bits per heavy atom. The van der Waals surface area contributed by atoms with Crippen LogP contribution in [-0.2, 0) is 19.1 Å². The van der Waals surface area contributed by atoms with Gasteiger partial charge in [0.05, 0.1) is 6.61 Å². The molecule has 4 nitrogen and oxygen atoms in total. The van der Waals surface area contributed by atoms with Crippen molar-refractivity contribution in [1.29, 1.82) is 0 Å². The zero-order valence-electron chi connectivity index (χ0n) is 12.4. The molecule has 1 fully saturated rings. The molecule has 1 saturated carbocycles. The molecular formula is C14H23FO4S. The monoisotopic (exact) mass is 306 g/mol. The first-order valence-corrected chi connectivity index (χ1v) is 7.97. The number of ether oxygens (including phenoxy) is 2. The molecule has 0 aromatic rings. The first-order chi connectivity index (χ1) is 9.36. The standard InChI is InChI=1S/C14H23FO4S/c1-5-20-12-6-11(7-18-9(3)16)14(19-10(4)17)13(15)8(12)2/h8,11-14H,5-7H2,1-4H3/t8?,11?,12-,13-,14+/m1/s1. The van der Waals surface area contributed by atoms with Crippen LogP contribution in [-0.4, -0.2) is 41.8 Å². The SMILES string of the molecule is CCS[C@@H]1CC(COC(C)=O)[C@H](OC(C)=O)[C@H](F)C1C. The first kappa shape index (κ1) is 17.3. The van der Waals surface area contributed by atoms with Crippen molar-refractivity contribution in [1.82, 2.24) is 0 Å². The molecule has 0 spiro atoms. The summed E-state index contributed by atoms with van der Waals surface area (Å²) in [6.45, 7) is 6.56. The van der Waals surface area contributed by atoms with E-state index in [1.165, 1.54) is 13.8 Å². The number of hydrogen-bond acceptors (Lipinski definition) is 5. The molecule has 0 N–H and O–H groups in total. The van der Waals surface area contributed by atoms with Gasteiger partial charge in [-0.2, -0.15) is 11.8 Å². The summed E-state index contributed by atoms with van der Waals surface area (Å²) in [6, 6.07) is 0. The van der Waals surface area contributed by atoms with Gasteiger partial charge in [0.15, 0.2) is 0 Å². The molecule has 0 heterocycles. The van der Waals surface area contributed by atoms with Gasteiger partial charge in [-0.3, -0.25) is 9.59 Å². The van der Waals surface area contributed by atoms with Crippen LogP contribution < -0.4 is 0 Å². The van der Waals surface area contributed by atoms with Crippen molar-refractivity contribution in [2.75, 3.05) is 12.4 Å². The second-order valence-corrected chi connectivity index (χ2v) is 6.69. The van der Waals surface area contributed by atoms with Gasteiger partial charge >= 0.3 is 11.9 Å². The third kappa shape index (κ3) is 4.65. The summed E-state index contributed by atoms with van der Waals surface area (Å²) >= 11 is 1.70. The smallest absolute Gasteiger partial charge is 0.303 e. The highest BCUT2D eigenvalue weighted by molar-refractivity contribution is 7.99. The first-order valence-electron chi connectivity index (χ1n) is 6.93. The van der Waals surface area contributed by atoms with Gasteiger partial charge in [0.1, 0.15) is 12.3 Å². The van der Waals surface area contributed by atoms with Crippen LogP contribution in [0.15, 0.2) is 0 Å². The van der Waals surface area contributed by atoms with Gasteiger partial charge < -0.3 is 9.47 Å². The van der Waals surface area contributed by atoms with Crippen molar-refractivity contribution in [2.24, 2.45) is 11.8 Å². The summed E-state index contributed by atoms with van der Waals surface area (Å²) in [5, 5.41) is 0.155. The largest absolute Gasteiger partial charge is 0.465 e. The Bertz CT molecular complexity index is 350. The van der Waals surface area contributed by atoms with Gasteiger partial charge in [-0.25, -0.2) is 4.39 Å². The molecule has 1 aliphatic carbocycles. The van der Waals surface area contributed by atoms with Gasteiger partial charge in [0.25, 0.3) is 0 Å². The van der Waals surface area contributed by atoms with E-state index in [0.29, 0.717) is 6.42 Å². The van der Waals surface area contributed by atoms with Crippen molar-refractivity contribution in [3.05, 3.63) is 0 Å². The van der Waals surface area contributed by atoms with Crippen LogP contribution in [0, 0.1) is 11.8 Å². The number of carbonyl (C=O) groups is 2. The van der Waals surface area contributed by atoms with Gasteiger partial charge in [-0.15, -0.1) is 0 Å². The molecule has 0 bridgehead atoms. The summed E-state index contributed by atoms with van der Waals surface area (Å²) in [7, 11) is 0. The van der Waals surface area contributed by atoms with E-state index in [4.69, 9.17) is 9.47 Å². The predicted octanol–water partition coefficient (Wildman–Crippen LogP) is 2.60. The minimum atomic E-state index is -1.22. The van der Waals surface area contributed by atoms with Crippen LogP contribution in [0.4, 0.5) is 4.39 Å². The van der Waals surface area contributed by atoms with E-state index in [1.54, 1.807) is 11.8 Å². The van der Waals surface area contributed by atoms with Crippen LogP contribution in [0.1, 0.15) is 34.1 Å². The van der Waals surface area contributed by atoms with E-state index in [9.17, 15) is 14.0 Å². The maximum Gasteiger partial charge on any atom is 0.303 e. The van der Waals surface area contributed by atoms with E-state index in [-0.39, 0.29) is 23.7 Å². The van der Waals surface area contributed by atoms with Crippen LogP contribution in [0.25, 0.3) is 0 Å². The normalized spacial score (nSPS) is 33.5. The summed E-state index contributed by atoms with van der Waals surface area (Å²) in [4.78, 5) is 22.1. The Hall–Kier alpha value is -0.780. The second kappa shape index (κ2) is 7.86. The third-order valence-electron chi connectivity index (χ3n) is 3.59. The molecule has 116 valence electrons. The number of alkyl halides is 1. The van der Waals surface area contributed by atoms with Crippen LogP contribution in [0.2, 0.25) is 0 Å². The summed E-state index contributed by atoms with van der Waals surface area (Å²) in [6.07, 6.45) is -1.36. The second-order valence-electron chi connectivity index (χ2n) is 5.17. The molecular weight excluding hydrogens is 283 g/mol. The fraction of sp³-hybridized carbons (Fsp3) is 0.857. The summed E-state index contributed by atoms with van der Waals surface area (Å²) in [5.74, 6) is -0.462. The molecule has 6 heteroatoms. The predicted molar refractivity (Wildman–Crippen MR) is 76.3 cm³/mol. The quantitative estimate of drug-likeness (QED) is 0.731. The van der Waals surface area contributed by atoms with Crippen molar-refractivity contribution in [3.63, 3.8) is 0 Å². The van der Waals surface area contributed by atoms with Crippen LogP contribution >= 0.6 is 11.8 Å². The van der Waals surface area contributed by atoms with Crippen molar-refractivity contribution < 1.29 is 23.5 Å². The number of rotatable bonds is 5. The Balaban J connectivity index is 2.80. The fourth-order valence-electron chi connectivity index (χ4n) is 2.59. The summed E-state index contributed by atoms with van der Waals surface area (Å²) < 4.78 is 24.6. The average molecular weight is 306 g/mol. The van der Waals surface area contributed by atoms with Gasteiger partial charge in [0.2, 0.25) is 0 Å². The molecule has 20 heavy (non-hydrogen) atoms. The molecule has 1 rings (SSSR count). The number of halogens is 1. The molecule has 0 aromatic heterocycles. The van der Waals surface area contributed by atoms with Crippen LogP contribution in [0.5, 0.6) is 0 Å². The van der Waals surface area contributed by atoms with E-state index < -0.39 is 24.2 Å². The summed E-state index contributed by atoms with van der Waals surface area (Å²) in [5.41, 5.74) is 0. The Kier molecular flexibility index (Phi) is 6.79. The molecule has 1 aliphatic rings. The minimum Gasteiger partial charge on any atom is -0.465 e. The van der Waals surface area contributed by atoms with Crippen molar-refractivity contribution >= 4 is 23.7 Å². The number of hydrogen-bond donors (Lipinski definition) is 0. The third-order valence-corrected chi connectivity index (χ3v) is 4.97. The zero-order valence-corrected chi connectivity index (χ0v) is 13.2. The van der Waals surface area contributed by atoms with Crippen LogP contribution in [0.3, 0.4) is 0 Å². The maximum absolute atomic E-state index is 14.5. The highest BCUT2D eigenvalue weighted by Crippen LogP contribution is 2.39. The molecule has 2 unspecified atom stereocenters. The van der Waals surface area contributed by atoms with E-state index in [0.717, 1.165) is 5.75 Å². The Morgan fingerprint density at radius 1 is 1.30 bits per heavy atom. The highest BCUT2D eigenvalue weighted by Gasteiger charge is 2.45. The fourth-order valence-corrected chi connectivity index (χ4v) is 3.85. The number of esters is 2. The Morgan fingerprint density at radius 3 is 2.45 bits per heavy atom. The van der Waals surface area contributed by atoms with E-state index >= 15 is 0 Å². The van der Waals surface area contributed by atoms with E-state index in [1.807, 2.05) is 13.8 Å². The maximum atomic E-state index is 14.5. The van der Waals surface area contributed by atoms with Gasteiger partial charge in [0, 0.05) is 30.9 Å². The topological polar surface area (TPSA) is 52.6 Å². The van der Waals surface area contributed by atoms with Gasteiger partial charge in [-0.1, -0.05) is 13.8 Å². The Labute approximate surface area is 123 Å². The number of thioether (sulfide) groups is 1. The lowest BCUT2D eigenvalue weighted by atomic mass is 9.79. The number of carbonyl (C=O) groups excluding carboxylic acids is 2. The average Bonchev–Trinajstić information content (AvgIpc) is 2.36. The van der Waals surface area contributed by atoms with Crippen molar-refractivity contribution in [2.45, 2.75) is 51.6 Å². The lowest BCUT2D eigenvalue weighted by Gasteiger charge is -2.41. The molecule has 0 radical (unpaired) electrons. The molecule has 0 aliphatic heterocycles. The minimum absolute atomic E-state index is 0.0984. The zero-order chi connectivity index (χ0) is 15.3. The molecule has 0 aromatic carbocycles. The molecule has 0 saturated heterocycles. The lowest BCUT2D eigenvalue weighted by molar-refractivity contribution is -0.162. The molecule has 5 atom stereocenters. The van der Waals surface area contributed by atoms with Gasteiger partial charge in [-0.05, 0) is 12.2 Å². The highest BCUT2D eigenvalue weighted by atomic mass is 32.2.